The minimum absolute atomic E-state index is 0.600. The average molecular weight is 253 g/mol. The molecular formula is C18H23N. The number of hydrogen-bond acceptors (Lipinski definition) is 1. The summed E-state index contributed by atoms with van der Waals surface area (Å²) in [5.41, 5.74) is 5.35. The molecule has 0 saturated heterocycles. The van der Waals surface area contributed by atoms with E-state index in [0.29, 0.717) is 5.92 Å². The van der Waals surface area contributed by atoms with Crippen LogP contribution in [0.4, 0.5) is 5.69 Å². The van der Waals surface area contributed by atoms with E-state index in [2.05, 4.69) is 74.6 Å². The Labute approximate surface area is 116 Å². The molecule has 0 spiro atoms. The Morgan fingerprint density at radius 2 is 1.63 bits per heavy atom. The van der Waals surface area contributed by atoms with Crippen molar-refractivity contribution in [2.75, 3.05) is 5.32 Å². The molecule has 0 unspecified atom stereocenters. The molecule has 0 bridgehead atoms. The lowest BCUT2D eigenvalue weighted by atomic mass is 10.0. The quantitative estimate of drug-likeness (QED) is 0.792. The Bertz CT molecular complexity index is 511. The molecule has 0 saturated carbocycles. The van der Waals surface area contributed by atoms with E-state index >= 15 is 0 Å². The number of benzene rings is 2. The first-order valence-corrected chi connectivity index (χ1v) is 7.11. The summed E-state index contributed by atoms with van der Waals surface area (Å²) in [5.74, 6) is 0.600. The van der Waals surface area contributed by atoms with Crippen molar-refractivity contribution in [1.29, 1.82) is 0 Å². The number of nitrogens with one attached hydrogen (secondary N) is 1. The molecule has 1 N–H and O–H groups in total. The van der Waals surface area contributed by atoms with Crippen molar-refractivity contribution in [2.45, 2.75) is 39.7 Å². The van der Waals surface area contributed by atoms with Crippen LogP contribution in [0.25, 0.3) is 0 Å². The van der Waals surface area contributed by atoms with Gasteiger partial charge in [-0.1, -0.05) is 63.2 Å². The van der Waals surface area contributed by atoms with E-state index in [0.717, 1.165) is 13.0 Å². The predicted molar refractivity (Wildman–Crippen MR) is 83.7 cm³/mol. The lowest BCUT2D eigenvalue weighted by Gasteiger charge is -2.12. The second-order valence-electron chi connectivity index (χ2n) is 5.26. The van der Waals surface area contributed by atoms with E-state index in [4.69, 9.17) is 0 Å². The van der Waals surface area contributed by atoms with E-state index in [1.54, 1.807) is 0 Å². The van der Waals surface area contributed by atoms with E-state index < -0.39 is 0 Å². The minimum atomic E-state index is 0.600. The van der Waals surface area contributed by atoms with E-state index in [-0.39, 0.29) is 0 Å². The Morgan fingerprint density at radius 1 is 0.947 bits per heavy atom. The maximum atomic E-state index is 3.53. The van der Waals surface area contributed by atoms with Gasteiger partial charge in [0.2, 0.25) is 0 Å². The Hall–Kier alpha value is -1.76. The van der Waals surface area contributed by atoms with Crippen molar-refractivity contribution in [3.8, 4) is 0 Å². The Kier molecular flexibility index (Phi) is 4.62. The summed E-state index contributed by atoms with van der Waals surface area (Å²) in [5, 5.41) is 3.53. The van der Waals surface area contributed by atoms with Crippen LogP contribution in [0.3, 0.4) is 0 Å². The van der Waals surface area contributed by atoms with E-state index in [1.165, 1.54) is 22.4 Å². The molecule has 0 radical (unpaired) electrons. The van der Waals surface area contributed by atoms with Crippen LogP contribution in [-0.4, -0.2) is 0 Å². The molecule has 0 aliphatic rings. The van der Waals surface area contributed by atoms with Gasteiger partial charge in [-0.25, -0.2) is 0 Å². The highest BCUT2D eigenvalue weighted by Gasteiger charge is 2.01. The summed E-state index contributed by atoms with van der Waals surface area (Å²) in [6.45, 7) is 7.53. The molecule has 0 aliphatic carbocycles. The molecule has 19 heavy (non-hydrogen) atoms. The smallest absolute Gasteiger partial charge is 0.0400 e. The highest BCUT2D eigenvalue weighted by atomic mass is 14.9. The van der Waals surface area contributed by atoms with Crippen LogP contribution < -0.4 is 5.32 Å². The molecule has 100 valence electrons. The molecule has 2 aromatic carbocycles. The fourth-order valence-electron chi connectivity index (χ4n) is 2.22. The Morgan fingerprint density at radius 3 is 2.26 bits per heavy atom. The highest BCUT2D eigenvalue weighted by Crippen LogP contribution is 2.18. The zero-order valence-corrected chi connectivity index (χ0v) is 12.1. The van der Waals surface area contributed by atoms with Gasteiger partial charge in [0, 0.05) is 12.2 Å². The maximum Gasteiger partial charge on any atom is 0.0400 e. The zero-order chi connectivity index (χ0) is 13.7. The van der Waals surface area contributed by atoms with Gasteiger partial charge in [0.05, 0.1) is 0 Å². The lowest BCUT2D eigenvalue weighted by Crippen LogP contribution is -2.02. The van der Waals surface area contributed by atoms with Crippen molar-refractivity contribution in [2.24, 2.45) is 0 Å². The SMILES string of the molecule is CCc1ccccc1NCc1ccc(C(C)C)cc1. The van der Waals surface area contributed by atoms with Crippen LogP contribution in [0.1, 0.15) is 43.4 Å². The molecule has 1 heteroatoms. The molecule has 0 aromatic heterocycles. The van der Waals surface area contributed by atoms with E-state index in [9.17, 15) is 0 Å². The number of para-hydroxylation sites is 1. The maximum absolute atomic E-state index is 3.53. The van der Waals surface area contributed by atoms with Gasteiger partial charge in [0.15, 0.2) is 0 Å². The normalized spacial score (nSPS) is 10.7. The molecule has 2 aromatic rings. The fourth-order valence-corrected chi connectivity index (χ4v) is 2.22. The molecule has 1 nitrogen and oxygen atoms in total. The third kappa shape index (κ3) is 3.60. The second kappa shape index (κ2) is 6.42. The van der Waals surface area contributed by atoms with Gasteiger partial charge in [0.1, 0.15) is 0 Å². The van der Waals surface area contributed by atoms with Crippen molar-refractivity contribution >= 4 is 5.69 Å². The van der Waals surface area contributed by atoms with E-state index in [1.807, 2.05) is 0 Å². The van der Waals surface area contributed by atoms with Gasteiger partial charge < -0.3 is 5.32 Å². The minimum Gasteiger partial charge on any atom is -0.381 e. The van der Waals surface area contributed by atoms with Gasteiger partial charge in [-0.2, -0.15) is 0 Å². The van der Waals surface area contributed by atoms with Crippen LogP contribution >= 0.6 is 0 Å². The monoisotopic (exact) mass is 253 g/mol. The third-order valence-corrected chi connectivity index (χ3v) is 3.53. The van der Waals surface area contributed by atoms with Gasteiger partial charge >= 0.3 is 0 Å². The molecule has 2 rings (SSSR count). The summed E-state index contributed by atoms with van der Waals surface area (Å²) in [7, 11) is 0. The topological polar surface area (TPSA) is 12.0 Å². The zero-order valence-electron chi connectivity index (χ0n) is 12.1. The highest BCUT2D eigenvalue weighted by molar-refractivity contribution is 5.51. The summed E-state index contributed by atoms with van der Waals surface area (Å²) in [6.07, 6.45) is 1.06. The van der Waals surface area contributed by atoms with Crippen LogP contribution in [0, 0.1) is 0 Å². The largest absolute Gasteiger partial charge is 0.381 e. The molecular weight excluding hydrogens is 230 g/mol. The van der Waals surface area contributed by atoms with Crippen molar-refractivity contribution in [1.82, 2.24) is 0 Å². The fraction of sp³-hybridized carbons (Fsp3) is 0.333. The van der Waals surface area contributed by atoms with Crippen LogP contribution in [-0.2, 0) is 13.0 Å². The lowest BCUT2D eigenvalue weighted by molar-refractivity contribution is 0.865. The molecule has 0 amide bonds. The number of anilines is 1. The second-order valence-corrected chi connectivity index (χ2v) is 5.26. The van der Waals surface area contributed by atoms with Gasteiger partial charge in [-0.15, -0.1) is 0 Å². The van der Waals surface area contributed by atoms with Gasteiger partial charge in [-0.05, 0) is 35.1 Å². The summed E-state index contributed by atoms with van der Waals surface area (Å²) in [6, 6.07) is 17.4. The van der Waals surface area contributed by atoms with Gasteiger partial charge in [0.25, 0.3) is 0 Å². The third-order valence-electron chi connectivity index (χ3n) is 3.53. The number of hydrogen-bond donors (Lipinski definition) is 1. The first-order chi connectivity index (χ1) is 9.20. The summed E-state index contributed by atoms with van der Waals surface area (Å²) in [4.78, 5) is 0. The van der Waals surface area contributed by atoms with Crippen LogP contribution in [0.15, 0.2) is 48.5 Å². The first-order valence-electron chi connectivity index (χ1n) is 7.11. The predicted octanol–water partition coefficient (Wildman–Crippen LogP) is 4.98. The van der Waals surface area contributed by atoms with Crippen molar-refractivity contribution < 1.29 is 0 Å². The van der Waals surface area contributed by atoms with Gasteiger partial charge in [-0.3, -0.25) is 0 Å². The van der Waals surface area contributed by atoms with Crippen LogP contribution in [0.5, 0.6) is 0 Å². The Balaban J connectivity index is 2.02. The molecule has 0 aliphatic heterocycles. The molecule has 0 heterocycles. The first kappa shape index (κ1) is 13.7. The molecule has 0 atom stereocenters. The average Bonchev–Trinajstić information content (AvgIpc) is 2.45. The van der Waals surface area contributed by atoms with Crippen LogP contribution in [0.2, 0.25) is 0 Å². The van der Waals surface area contributed by atoms with Crippen molar-refractivity contribution in [3.63, 3.8) is 0 Å². The molecule has 0 fully saturated rings. The van der Waals surface area contributed by atoms with Crippen molar-refractivity contribution in [3.05, 3.63) is 65.2 Å². The number of aryl methyl sites for hydroxylation is 1. The standard InChI is InChI=1S/C18H23N/c1-4-16-7-5-6-8-18(16)19-13-15-9-11-17(12-10-15)14(2)3/h5-12,14,19H,4,13H2,1-3H3. The number of rotatable bonds is 5. The summed E-state index contributed by atoms with van der Waals surface area (Å²) >= 11 is 0. The summed E-state index contributed by atoms with van der Waals surface area (Å²) < 4.78 is 0.